The third kappa shape index (κ3) is 5.09. The number of carbonyl (C=O) groups excluding carboxylic acids is 2. The molecular formula is C26H26Cl2N4O2. The number of likely N-dealkylation sites (N-methyl/N-ethyl adjacent to an activating group) is 1. The Balaban J connectivity index is 1.50. The first-order valence-electron chi connectivity index (χ1n) is 11.1. The molecule has 0 aliphatic carbocycles. The lowest BCUT2D eigenvalue weighted by Gasteiger charge is -2.42. The maximum Gasteiger partial charge on any atom is 0.257 e. The summed E-state index contributed by atoms with van der Waals surface area (Å²) in [7, 11) is 2.07. The highest BCUT2D eigenvalue weighted by Gasteiger charge is 2.30. The van der Waals surface area contributed by atoms with Gasteiger partial charge in [0, 0.05) is 48.2 Å². The Labute approximate surface area is 209 Å². The minimum atomic E-state index is -0.375. The number of piperazine rings is 1. The molecule has 34 heavy (non-hydrogen) atoms. The number of nitrogens with zero attached hydrogens (tertiary/aromatic N) is 3. The van der Waals surface area contributed by atoms with Crippen molar-refractivity contribution in [1.29, 1.82) is 0 Å². The van der Waals surface area contributed by atoms with Gasteiger partial charge in [0.1, 0.15) is 0 Å². The number of benzene rings is 2. The van der Waals surface area contributed by atoms with Crippen molar-refractivity contribution in [2.45, 2.75) is 25.9 Å². The number of aromatic nitrogens is 1. The number of rotatable bonds is 4. The van der Waals surface area contributed by atoms with Gasteiger partial charge in [-0.05, 0) is 69.4 Å². The molecule has 6 nitrogen and oxygen atoms in total. The first-order chi connectivity index (χ1) is 16.2. The van der Waals surface area contributed by atoms with Gasteiger partial charge in [0.05, 0.1) is 21.3 Å². The van der Waals surface area contributed by atoms with Gasteiger partial charge in [-0.3, -0.25) is 19.5 Å². The zero-order chi connectivity index (χ0) is 24.4. The van der Waals surface area contributed by atoms with Crippen molar-refractivity contribution in [3.8, 4) is 11.3 Å². The molecule has 2 aromatic carbocycles. The van der Waals surface area contributed by atoms with Crippen molar-refractivity contribution in [3.63, 3.8) is 0 Å². The summed E-state index contributed by atoms with van der Waals surface area (Å²) >= 11 is 12.8. The quantitative estimate of drug-likeness (QED) is 0.519. The first-order valence-corrected chi connectivity index (χ1v) is 11.8. The molecule has 2 atom stereocenters. The monoisotopic (exact) mass is 496 g/mol. The van der Waals surface area contributed by atoms with Gasteiger partial charge in [-0.1, -0.05) is 29.3 Å². The minimum absolute atomic E-state index is 0.0848. The first kappa shape index (κ1) is 24.2. The van der Waals surface area contributed by atoms with Gasteiger partial charge in [-0.15, -0.1) is 0 Å². The third-order valence-electron chi connectivity index (χ3n) is 6.27. The van der Waals surface area contributed by atoms with E-state index in [-0.39, 0.29) is 34.5 Å². The van der Waals surface area contributed by atoms with Crippen molar-refractivity contribution in [2.75, 3.05) is 25.5 Å². The molecule has 0 saturated carbocycles. The van der Waals surface area contributed by atoms with Crippen LogP contribution in [0.3, 0.4) is 0 Å². The Bertz CT molecular complexity index is 1210. The minimum Gasteiger partial charge on any atom is -0.336 e. The van der Waals surface area contributed by atoms with Crippen LogP contribution in [0.15, 0.2) is 60.8 Å². The highest BCUT2D eigenvalue weighted by atomic mass is 35.5. The third-order valence-corrected chi connectivity index (χ3v) is 6.91. The van der Waals surface area contributed by atoms with Crippen LogP contribution < -0.4 is 5.32 Å². The Morgan fingerprint density at radius 1 is 0.971 bits per heavy atom. The molecule has 176 valence electrons. The smallest absolute Gasteiger partial charge is 0.257 e. The molecule has 4 rings (SSSR count). The Morgan fingerprint density at radius 2 is 1.71 bits per heavy atom. The molecule has 1 aliphatic heterocycles. The van der Waals surface area contributed by atoms with Crippen molar-refractivity contribution in [3.05, 3.63) is 82.0 Å². The van der Waals surface area contributed by atoms with Gasteiger partial charge >= 0.3 is 0 Å². The maximum absolute atomic E-state index is 13.1. The lowest BCUT2D eigenvalue weighted by atomic mass is 10.1. The molecule has 0 radical (unpaired) electrons. The number of halogens is 2. The van der Waals surface area contributed by atoms with Crippen LogP contribution in [0.5, 0.6) is 0 Å². The van der Waals surface area contributed by atoms with E-state index in [4.69, 9.17) is 23.2 Å². The second-order valence-electron chi connectivity index (χ2n) is 8.63. The summed E-state index contributed by atoms with van der Waals surface area (Å²) in [5, 5.41) is 3.61. The SMILES string of the molecule is CC1CN(C(=O)c2ccc(C(=O)Nc3ccc(Cl)c(-c4ccccn4)c3)c(Cl)c2)CC(C)N1C. The Hall–Kier alpha value is -2.93. The number of pyridine rings is 1. The van der Waals surface area contributed by atoms with Crippen LogP contribution in [-0.4, -0.2) is 58.8 Å². The van der Waals surface area contributed by atoms with Crippen LogP contribution in [0.1, 0.15) is 34.6 Å². The maximum atomic E-state index is 13.1. The summed E-state index contributed by atoms with van der Waals surface area (Å²) in [6, 6.07) is 16.1. The average molecular weight is 497 g/mol. The molecule has 1 aromatic heterocycles. The highest BCUT2D eigenvalue weighted by molar-refractivity contribution is 6.35. The topological polar surface area (TPSA) is 65.5 Å². The van der Waals surface area contributed by atoms with Crippen molar-refractivity contribution in [1.82, 2.24) is 14.8 Å². The second kappa shape index (κ2) is 10.1. The van der Waals surface area contributed by atoms with Crippen LogP contribution in [0.4, 0.5) is 5.69 Å². The summed E-state index contributed by atoms with van der Waals surface area (Å²) in [5.74, 6) is -0.460. The van der Waals surface area contributed by atoms with Crippen LogP contribution in [0, 0.1) is 0 Å². The molecule has 1 fully saturated rings. The molecule has 3 aromatic rings. The van der Waals surface area contributed by atoms with E-state index < -0.39 is 0 Å². The Kier molecular flexibility index (Phi) is 7.22. The highest BCUT2D eigenvalue weighted by Crippen LogP contribution is 2.30. The predicted molar refractivity (Wildman–Crippen MR) is 137 cm³/mol. The summed E-state index contributed by atoms with van der Waals surface area (Å²) < 4.78 is 0. The number of anilines is 1. The average Bonchev–Trinajstić information content (AvgIpc) is 2.83. The van der Waals surface area contributed by atoms with E-state index in [1.54, 1.807) is 42.6 Å². The summed E-state index contributed by atoms with van der Waals surface area (Å²) in [5.41, 5.74) is 2.73. The predicted octanol–water partition coefficient (Wildman–Crippen LogP) is 5.47. The largest absolute Gasteiger partial charge is 0.336 e. The number of amides is 2. The molecule has 0 spiro atoms. The lowest BCUT2D eigenvalue weighted by Crippen LogP contribution is -2.56. The van der Waals surface area contributed by atoms with Gasteiger partial charge in [0.15, 0.2) is 0 Å². The normalized spacial score (nSPS) is 18.6. The van der Waals surface area contributed by atoms with E-state index >= 15 is 0 Å². The van der Waals surface area contributed by atoms with Gasteiger partial charge in [-0.25, -0.2) is 0 Å². The summed E-state index contributed by atoms with van der Waals surface area (Å²) in [6.07, 6.45) is 1.68. The van der Waals surface area contributed by atoms with E-state index in [9.17, 15) is 9.59 Å². The molecule has 2 unspecified atom stereocenters. The summed E-state index contributed by atoms with van der Waals surface area (Å²) in [4.78, 5) is 34.4. The standard InChI is InChI=1S/C26H26Cl2N4O2/c1-16-14-32(15-17(2)31(16)3)26(34)18-7-9-20(23(28)12-18)25(33)30-19-8-10-22(27)21(13-19)24-6-4-5-11-29-24/h4-13,16-17H,14-15H2,1-3H3,(H,30,33). The zero-order valence-corrected chi connectivity index (χ0v) is 20.8. The van der Waals surface area contributed by atoms with E-state index in [1.807, 2.05) is 23.1 Å². The zero-order valence-electron chi connectivity index (χ0n) is 19.3. The van der Waals surface area contributed by atoms with E-state index in [2.05, 4.69) is 36.1 Å². The summed E-state index contributed by atoms with van der Waals surface area (Å²) in [6.45, 7) is 5.50. The lowest BCUT2D eigenvalue weighted by molar-refractivity contribution is 0.0414. The second-order valence-corrected chi connectivity index (χ2v) is 9.45. The molecule has 8 heteroatoms. The van der Waals surface area contributed by atoms with Crippen LogP contribution in [0.2, 0.25) is 10.0 Å². The molecule has 2 heterocycles. The van der Waals surface area contributed by atoms with Gasteiger partial charge < -0.3 is 10.2 Å². The van der Waals surface area contributed by atoms with Crippen molar-refractivity contribution < 1.29 is 9.59 Å². The van der Waals surface area contributed by atoms with Crippen LogP contribution in [0.25, 0.3) is 11.3 Å². The van der Waals surface area contributed by atoms with Crippen LogP contribution >= 0.6 is 23.2 Å². The molecule has 0 bridgehead atoms. The number of carbonyl (C=O) groups is 2. The molecule has 1 N–H and O–H groups in total. The van der Waals surface area contributed by atoms with Gasteiger partial charge in [0.2, 0.25) is 0 Å². The molecule has 1 aliphatic rings. The van der Waals surface area contributed by atoms with E-state index in [0.29, 0.717) is 40.6 Å². The fraction of sp³-hybridized carbons (Fsp3) is 0.269. The van der Waals surface area contributed by atoms with Crippen LogP contribution in [-0.2, 0) is 0 Å². The van der Waals surface area contributed by atoms with Gasteiger partial charge in [-0.2, -0.15) is 0 Å². The van der Waals surface area contributed by atoms with Gasteiger partial charge in [0.25, 0.3) is 11.8 Å². The fourth-order valence-corrected chi connectivity index (χ4v) is 4.59. The van der Waals surface area contributed by atoms with Crippen molar-refractivity contribution >= 4 is 40.7 Å². The number of nitrogens with one attached hydrogen (secondary N) is 1. The van der Waals surface area contributed by atoms with E-state index in [0.717, 1.165) is 0 Å². The molecule has 1 saturated heterocycles. The molecular weight excluding hydrogens is 471 g/mol. The number of hydrogen-bond donors (Lipinski definition) is 1. The fourth-order valence-electron chi connectivity index (χ4n) is 4.10. The Morgan fingerprint density at radius 3 is 2.35 bits per heavy atom. The molecule has 2 amide bonds. The number of hydrogen-bond acceptors (Lipinski definition) is 4. The van der Waals surface area contributed by atoms with E-state index in [1.165, 1.54) is 0 Å². The van der Waals surface area contributed by atoms with Crippen molar-refractivity contribution in [2.24, 2.45) is 0 Å².